The highest BCUT2D eigenvalue weighted by Gasteiger charge is 2.17. The van der Waals surface area contributed by atoms with E-state index in [9.17, 15) is 4.39 Å². The second-order valence-corrected chi connectivity index (χ2v) is 6.31. The minimum Gasteiger partial charge on any atom is -0.366 e. The zero-order chi connectivity index (χ0) is 16.2. The highest BCUT2D eigenvalue weighted by atomic mass is 19.1. The first kappa shape index (κ1) is 15.7. The number of benzene rings is 1. The van der Waals surface area contributed by atoms with Crippen LogP contribution in [-0.4, -0.2) is 23.1 Å². The van der Waals surface area contributed by atoms with Crippen molar-refractivity contribution >= 4 is 11.6 Å². The standard InChI is InChI=1S/C18H23FN4/c1-13-7-9-23(10-8-13)18-11-17(21-14(2)22-18)20-12-15-3-5-16(19)6-4-15/h3-6,11,13H,7-10,12H2,1-2H3,(H,20,21,22). The number of anilines is 2. The van der Waals surface area contributed by atoms with Crippen LogP contribution in [-0.2, 0) is 6.54 Å². The quantitative estimate of drug-likeness (QED) is 0.932. The Labute approximate surface area is 136 Å². The van der Waals surface area contributed by atoms with Crippen LogP contribution < -0.4 is 10.2 Å². The predicted molar refractivity (Wildman–Crippen MR) is 91.1 cm³/mol. The molecule has 1 aromatic heterocycles. The first-order chi connectivity index (χ1) is 11.1. The number of aryl methyl sites for hydroxylation is 1. The average Bonchev–Trinajstić information content (AvgIpc) is 2.54. The number of aromatic nitrogens is 2. The summed E-state index contributed by atoms with van der Waals surface area (Å²) in [6, 6.07) is 8.52. The second-order valence-electron chi connectivity index (χ2n) is 6.31. The number of nitrogens with zero attached hydrogens (tertiary/aromatic N) is 3. The van der Waals surface area contributed by atoms with Gasteiger partial charge >= 0.3 is 0 Å². The molecule has 0 unspecified atom stereocenters. The highest BCUT2D eigenvalue weighted by molar-refractivity contribution is 5.50. The van der Waals surface area contributed by atoms with E-state index in [4.69, 9.17) is 0 Å². The maximum atomic E-state index is 12.9. The van der Waals surface area contributed by atoms with Crippen molar-refractivity contribution in [2.45, 2.75) is 33.2 Å². The Balaban J connectivity index is 1.68. The zero-order valence-corrected chi connectivity index (χ0v) is 13.7. The lowest BCUT2D eigenvalue weighted by Crippen LogP contribution is -2.33. The second kappa shape index (κ2) is 6.94. The van der Waals surface area contributed by atoms with E-state index in [-0.39, 0.29) is 5.82 Å². The molecule has 3 rings (SSSR count). The van der Waals surface area contributed by atoms with Gasteiger partial charge in [0.2, 0.25) is 0 Å². The molecule has 0 amide bonds. The highest BCUT2D eigenvalue weighted by Crippen LogP contribution is 2.23. The molecule has 1 saturated heterocycles. The van der Waals surface area contributed by atoms with Gasteiger partial charge in [0.15, 0.2) is 0 Å². The smallest absolute Gasteiger partial charge is 0.134 e. The molecule has 23 heavy (non-hydrogen) atoms. The zero-order valence-electron chi connectivity index (χ0n) is 13.7. The molecule has 5 heteroatoms. The Morgan fingerprint density at radius 3 is 2.57 bits per heavy atom. The van der Waals surface area contributed by atoms with E-state index in [1.165, 1.54) is 25.0 Å². The maximum Gasteiger partial charge on any atom is 0.134 e. The fourth-order valence-electron chi connectivity index (χ4n) is 2.84. The Kier molecular flexibility index (Phi) is 4.74. The summed E-state index contributed by atoms with van der Waals surface area (Å²) < 4.78 is 12.9. The average molecular weight is 314 g/mol. The molecule has 0 radical (unpaired) electrons. The van der Waals surface area contributed by atoms with Gasteiger partial charge in [-0.15, -0.1) is 0 Å². The molecule has 0 spiro atoms. The maximum absolute atomic E-state index is 12.9. The summed E-state index contributed by atoms with van der Waals surface area (Å²) >= 11 is 0. The molecule has 4 nitrogen and oxygen atoms in total. The molecule has 0 bridgehead atoms. The lowest BCUT2D eigenvalue weighted by atomic mass is 9.99. The number of halogens is 1. The minimum absolute atomic E-state index is 0.215. The molecular weight excluding hydrogens is 291 g/mol. The van der Waals surface area contributed by atoms with E-state index >= 15 is 0 Å². The van der Waals surface area contributed by atoms with Crippen molar-refractivity contribution < 1.29 is 4.39 Å². The topological polar surface area (TPSA) is 41.1 Å². The van der Waals surface area contributed by atoms with Crippen molar-refractivity contribution in [3.63, 3.8) is 0 Å². The lowest BCUT2D eigenvalue weighted by molar-refractivity contribution is 0.436. The van der Waals surface area contributed by atoms with E-state index < -0.39 is 0 Å². The van der Waals surface area contributed by atoms with Crippen molar-refractivity contribution in [3.8, 4) is 0 Å². The minimum atomic E-state index is -0.215. The van der Waals surface area contributed by atoms with Gasteiger partial charge in [0, 0.05) is 25.7 Å². The molecule has 1 aromatic carbocycles. The summed E-state index contributed by atoms with van der Waals surface area (Å²) in [6.45, 7) is 6.94. The molecule has 0 aliphatic carbocycles. The summed E-state index contributed by atoms with van der Waals surface area (Å²) in [5.74, 6) is 3.16. The summed E-state index contributed by atoms with van der Waals surface area (Å²) in [5, 5.41) is 3.31. The third-order valence-electron chi connectivity index (χ3n) is 4.32. The largest absolute Gasteiger partial charge is 0.366 e. The van der Waals surface area contributed by atoms with Crippen LogP contribution in [0.3, 0.4) is 0 Å². The van der Waals surface area contributed by atoms with E-state index in [0.29, 0.717) is 6.54 Å². The Bertz CT molecular complexity index is 649. The molecule has 0 atom stereocenters. The van der Waals surface area contributed by atoms with Gasteiger partial charge < -0.3 is 10.2 Å². The monoisotopic (exact) mass is 314 g/mol. The third kappa shape index (κ3) is 4.18. The van der Waals surface area contributed by atoms with Crippen molar-refractivity contribution in [2.75, 3.05) is 23.3 Å². The molecule has 1 fully saturated rings. The molecule has 1 N–H and O–H groups in total. The number of hydrogen-bond donors (Lipinski definition) is 1. The van der Waals surface area contributed by atoms with Gasteiger partial charge in [0.05, 0.1) is 0 Å². The molecule has 122 valence electrons. The molecule has 2 heterocycles. The normalized spacial score (nSPS) is 15.7. The van der Waals surface area contributed by atoms with Crippen molar-refractivity contribution in [2.24, 2.45) is 5.92 Å². The van der Waals surface area contributed by atoms with Gasteiger partial charge in [0.25, 0.3) is 0 Å². The van der Waals surface area contributed by atoms with E-state index in [1.807, 2.05) is 13.0 Å². The molecule has 1 aliphatic rings. The van der Waals surface area contributed by atoms with Crippen LogP contribution in [0.4, 0.5) is 16.0 Å². The Hall–Kier alpha value is -2.17. The number of nitrogens with one attached hydrogen (secondary N) is 1. The number of piperidine rings is 1. The van der Waals surface area contributed by atoms with Crippen molar-refractivity contribution in [3.05, 3.63) is 47.5 Å². The van der Waals surface area contributed by atoms with E-state index in [0.717, 1.165) is 42.0 Å². The van der Waals surface area contributed by atoms with Crippen molar-refractivity contribution in [1.82, 2.24) is 9.97 Å². The van der Waals surface area contributed by atoms with Crippen LogP contribution in [0.25, 0.3) is 0 Å². The predicted octanol–water partition coefficient (Wildman–Crippen LogP) is 3.77. The van der Waals surface area contributed by atoms with Gasteiger partial charge in [-0.25, -0.2) is 14.4 Å². The molecule has 0 saturated carbocycles. The van der Waals surface area contributed by atoms with Crippen LogP contribution in [0.15, 0.2) is 30.3 Å². The fraction of sp³-hybridized carbons (Fsp3) is 0.444. The Morgan fingerprint density at radius 2 is 1.87 bits per heavy atom. The summed E-state index contributed by atoms with van der Waals surface area (Å²) in [7, 11) is 0. The van der Waals surface area contributed by atoms with Gasteiger partial charge in [0.1, 0.15) is 23.3 Å². The first-order valence-electron chi connectivity index (χ1n) is 8.19. The van der Waals surface area contributed by atoms with E-state index in [2.05, 4.69) is 27.1 Å². The third-order valence-corrected chi connectivity index (χ3v) is 4.32. The summed E-state index contributed by atoms with van der Waals surface area (Å²) in [6.07, 6.45) is 2.42. The Morgan fingerprint density at radius 1 is 1.17 bits per heavy atom. The lowest BCUT2D eigenvalue weighted by Gasteiger charge is -2.31. The molecule has 2 aromatic rings. The van der Waals surface area contributed by atoms with Crippen LogP contribution in [0.2, 0.25) is 0 Å². The fourth-order valence-corrected chi connectivity index (χ4v) is 2.84. The molecular formula is C18H23FN4. The van der Waals surface area contributed by atoms with Crippen LogP contribution in [0.5, 0.6) is 0 Å². The van der Waals surface area contributed by atoms with Gasteiger partial charge in [-0.1, -0.05) is 19.1 Å². The van der Waals surface area contributed by atoms with Crippen LogP contribution >= 0.6 is 0 Å². The first-order valence-corrected chi connectivity index (χ1v) is 8.19. The SMILES string of the molecule is Cc1nc(NCc2ccc(F)cc2)cc(N2CCC(C)CC2)n1. The van der Waals surface area contributed by atoms with Gasteiger partial charge in [-0.05, 0) is 43.4 Å². The van der Waals surface area contributed by atoms with Crippen LogP contribution in [0.1, 0.15) is 31.2 Å². The van der Waals surface area contributed by atoms with Gasteiger partial charge in [-0.3, -0.25) is 0 Å². The summed E-state index contributed by atoms with van der Waals surface area (Å²) in [5.41, 5.74) is 1.02. The number of rotatable bonds is 4. The van der Waals surface area contributed by atoms with Crippen LogP contribution in [0, 0.1) is 18.7 Å². The van der Waals surface area contributed by atoms with Gasteiger partial charge in [-0.2, -0.15) is 0 Å². The van der Waals surface area contributed by atoms with E-state index in [1.54, 1.807) is 12.1 Å². The summed E-state index contributed by atoms with van der Waals surface area (Å²) in [4.78, 5) is 11.4. The number of hydrogen-bond acceptors (Lipinski definition) is 4. The van der Waals surface area contributed by atoms with Crippen molar-refractivity contribution in [1.29, 1.82) is 0 Å². The molecule has 1 aliphatic heterocycles.